The number of likely N-dealkylation sites (tertiary alicyclic amines) is 1. The maximum absolute atomic E-state index is 13.8. The molecule has 1 saturated heterocycles. The molecule has 10 heteroatoms. The molecule has 4 rings (SSSR count). The SMILES string of the molecule is O=C(NC1CCN(C(=O)c2cc(=O)[nH]c3ccc([N+](=O)[O-])cc23)CC1)c1ccccc1F. The van der Waals surface area contributed by atoms with Crippen LogP contribution in [0.4, 0.5) is 10.1 Å². The van der Waals surface area contributed by atoms with E-state index in [0.29, 0.717) is 36.8 Å². The Labute approximate surface area is 181 Å². The standard InChI is InChI=1S/C22H19FN4O5/c23-18-4-2-1-3-15(18)21(29)24-13-7-9-26(10-8-13)22(30)17-12-20(28)25-19-6-5-14(27(31)32)11-16(17)19/h1-6,11-13H,7-10H2,(H,24,29)(H,25,28). The first-order chi connectivity index (χ1) is 15.3. The Morgan fingerprint density at radius 3 is 2.50 bits per heavy atom. The molecule has 0 saturated carbocycles. The van der Waals surface area contributed by atoms with Crippen molar-refractivity contribution in [1.82, 2.24) is 15.2 Å². The number of aromatic nitrogens is 1. The van der Waals surface area contributed by atoms with Gasteiger partial charge in [-0.05, 0) is 31.0 Å². The van der Waals surface area contributed by atoms with Gasteiger partial charge >= 0.3 is 0 Å². The fourth-order valence-electron chi connectivity index (χ4n) is 3.84. The number of fused-ring (bicyclic) bond motifs is 1. The van der Waals surface area contributed by atoms with E-state index in [0.717, 1.165) is 6.07 Å². The molecule has 0 unspecified atom stereocenters. The number of aromatic amines is 1. The first-order valence-corrected chi connectivity index (χ1v) is 9.99. The molecule has 1 fully saturated rings. The monoisotopic (exact) mass is 438 g/mol. The summed E-state index contributed by atoms with van der Waals surface area (Å²) < 4.78 is 13.8. The summed E-state index contributed by atoms with van der Waals surface area (Å²) in [6.07, 6.45) is 0.903. The van der Waals surface area contributed by atoms with Crippen LogP contribution >= 0.6 is 0 Å². The van der Waals surface area contributed by atoms with Gasteiger partial charge in [0, 0.05) is 48.2 Å². The number of carbonyl (C=O) groups excluding carboxylic acids is 2. The average molecular weight is 438 g/mol. The number of nitrogens with one attached hydrogen (secondary N) is 2. The highest BCUT2D eigenvalue weighted by Gasteiger charge is 2.27. The number of nitrogens with zero attached hydrogens (tertiary/aromatic N) is 2. The van der Waals surface area contributed by atoms with E-state index >= 15 is 0 Å². The molecule has 0 aliphatic carbocycles. The number of nitro groups is 1. The number of amides is 2. The van der Waals surface area contributed by atoms with Crippen LogP contribution in [0.1, 0.15) is 33.6 Å². The zero-order valence-electron chi connectivity index (χ0n) is 16.8. The zero-order chi connectivity index (χ0) is 22.8. The Hall–Kier alpha value is -4.08. The molecule has 1 aliphatic rings. The number of hydrogen-bond acceptors (Lipinski definition) is 5. The largest absolute Gasteiger partial charge is 0.349 e. The van der Waals surface area contributed by atoms with Crippen LogP contribution in [0.15, 0.2) is 53.3 Å². The summed E-state index contributed by atoms with van der Waals surface area (Å²) >= 11 is 0. The highest BCUT2D eigenvalue weighted by molar-refractivity contribution is 6.06. The lowest BCUT2D eigenvalue weighted by atomic mass is 10.0. The molecular formula is C22H19FN4O5. The van der Waals surface area contributed by atoms with Crippen molar-refractivity contribution in [2.24, 2.45) is 0 Å². The van der Waals surface area contributed by atoms with E-state index in [2.05, 4.69) is 10.3 Å². The predicted octanol–water partition coefficient (Wildman–Crippen LogP) is 2.61. The number of piperidine rings is 1. The second-order valence-electron chi connectivity index (χ2n) is 7.55. The van der Waals surface area contributed by atoms with E-state index in [1.54, 1.807) is 11.0 Å². The van der Waals surface area contributed by atoms with Crippen molar-refractivity contribution >= 4 is 28.4 Å². The third kappa shape index (κ3) is 4.20. The summed E-state index contributed by atoms with van der Waals surface area (Å²) in [5.41, 5.74) is -0.294. The Kier molecular flexibility index (Phi) is 5.67. The van der Waals surface area contributed by atoms with E-state index in [4.69, 9.17) is 0 Å². The normalized spacial score (nSPS) is 14.3. The van der Waals surface area contributed by atoms with Crippen LogP contribution in [0.3, 0.4) is 0 Å². The zero-order valence-corrected chi connectivity index (χ0v) is 16.8. The fraction of sp³-hybridized carbons (Fsp3) is 0.227. The molecule has 0 bridgehead atoms. The molecule has 2 amide bonds. The lowest BCUT2D eigenvalue weighted by molar-refractivity contribution is -0.384. The van der Waals surface area contributed by atoms with E-state index in [9.17, 15) is 28.9 Å². The van der Waals surface area contributed by atoms with Crippen LogP contribution in [0.5, 0.6) is 0 Å². The van der Waals surface area contributed by atoms with Gasteiger partial charge in [0.05, 0.1) is 16.1 Å². The van der Waals surface area contributed by atoms with Gasteiger partial charge in [-0.3, -0.25) is 24.5 Å². The lowest BCUT2D eigenvalue weighted by Crippen LogP contribution is -2.46. The van der Waals surface area contributed by atoms with E-state index in [-0.39, 0.29) is 22.9 Å². The van der Waals surface area contributed by atoms with Gasteiger partial charge in [0.15, 0.2) is 0 Å². The minimum Gasteiger partial charge on any atom is -0.349 e. The third-order valence-electron chi connectivity index (χ3n) is 5.50. The van der Waals surface area contributed by atoms with Crippen LogP contribution in [0.2, 0.25) is 0 Å². The molecule has 2 aromatic carbocycles. The van der Waals surface area contributed by atoms with Gasteiger partial charge in [0.25, 0.3) is 17.5 Å². The van der Waals surface area contributed by atoms with Gasteiger partial charge < -0.3 is 15.2 Å². The molecule has 2 N–H and O–H groups in total. The van der Waals surface area contributed by atoms with E-state index in [1.807, 2.05) is 0 Å². The number of carbonyl (C=O) groups is 2. The van der Waals surface area contributed by atoms with Crippen LogP contribution in [-0.2, 0) is 0 Å². The summed E-state index contributed by atoms with van der Waals surface area (Å²) in [5, 5.41) is 14.2. The number of benzene rings is 2. The Bertz CT molecular complexity index is 1280. The average Bonchev–Trinajstić information content (AvgIpc) is 2.78. The summed E-state index contributed by atoms with van der Waals surface area (Å²) in [6.45, 7) is 0.620. The molecule has 0 radical (unpaired) electrons. The highest BCUT2D eigenvalue weighted by atomic mass is 19.1. The maximum atomic E-state index is 13.8. The Morgan fingerprint density at radius 1 is 1.09 bits per heavy atom. The van der Waals surface area contributed by atoms with Crippen LogP contribution in [0.25, 0.3) is 10.9 Å². The van der Waals surface area contributed by atoms with Crippen molar-refractivity contribution in [1.29, 1.82) is 0 Å². The van der Waals surface area contributed by atoms with Crippen molar-refractivity contribution in [2.75, 3.05) is 13.1 Å². The molecule has 32 heavy (non-hydrogen) atoms. The number of halogens is 1. The van der Waals surface area contributed by atoms with Gasteiger partial charge in [0.2, 0.25) is 5.56 Å². The van der Waals surface area contributed by atoms with Gasteiger partial charge in [-0.1, -0.05) is 12.1 Å². The summed E-state index contributed by atoms with van der Waals surface area (Å²) in [7, 11) is 0. The number of H-pyrrole nitrogens is 1. The van der Waals surface area contributed by atoms with Crippen molar-refractivity contribution in [3.63, 3.8) is 0 Å². The van der Waals surface area contributed by atoms with Gasteiger partial charge in [-0.2, -0.15) is 0 Å². The van der Waals surface area contributed by atoms with Crippen LogP contribution in [-0.4, -0.2) is 45.8 Å². The van der Waals surface area contributed by atoms with Crippen molar-refractivity contribution in [3.05, 3.63) is 85.9 Å². The predicted molar refractivity (Wildman–Crippen MR) is 114 cm³/mol. The number of non-ortho nitro benzene ring substituents is 1. The number of rotatable bonds is 4. The molecule has 3 aromatic rings. The van der Waals surface area contributed by atoms with Gasteiger partial charge in [-0.25, -0.2) is 4.39 Å². The van der Waals surface area contributed by atoms with E-state index < -0.39 is 28.1 Å². The van der Waals surface area contributed by atoms with E-state index in [1.165, 1.54) is 36.4 Å². The molecule has 164 valence electrons. The number of hydrogen-bond donors (Lipinski definition) is 2. The quantitative estimate of drug-likeness (QED) is 0.478. The second-order valence-corrected chi connectivity index (χ2v) is 7.55. The smallest absolute Gasteiger partial charge is 0.270 e. The van der Waals surface area contributed by atoms with Crippen molar-refractivity contribution in [2.45, 2.75) is 18.9 Å². The third-order valence-corrected chi connectivity index (χ3v) is 5.50. The van der Waals surface area contributed by atoms with Crippen LogP contribution < -0.4 is 10.9 Å². The van der Waals surface area contributed by atoms with Crippen molar-refractivity contribution < 1.29 is 18.9 Å². The second kappa shape index (κ2) is 8.58. The first kappa shape index (κ1) is 21.2. The molecule has 9 nitrogen and oxygen atoms in total. The van der Waals surface area contributed by atoms with Crippen LogP contribution in [0, 0.1) is 15.9 Å². The van der Waals surface area contributed by atoms with Gasteiger partial charge in [0.1, 0.15) is 5.82 Å². The molecule has 0 atom stereocenters. The fourth-order valence-corrected chi connectivity index (χ4v) is 3.84. The molecule has 0 spiro atoms. The molecule has 1 aromatic heterocycles. The maximum Gasteiger partial charge on any atom is 0.270 e. The summed E-state index contributed by atoms with van der Waals surface area (Å²) in [6, 6.07) is 10.5. The summed E-state index contributed by atoms with van der Waals surface area (Å²) in [4.78, 5) is 52.1. The molecule has 2 heterocycles. The highest BCUT2D eigenvalue weighted by Crippen LogP contribution is 2.24. The Balaban J connectivity index is 1.49. The lowest BCUT2D eigenvalue weighted by Gasteiger charge is -2.32. The minimum atomic E-state index is -0.604. The first-order valence-electron chi connectivity index (χ1n) is 9.99. The Morgan fingerprint density at radius 2 is 1.81 bits per heavy atom. The van der Waals surface area contributed by atoms with Crippen molar-refractivity contribution in [3.8, 4) is 0 Å². The number of pyridine rings is 1. The van der Waals surface area contributed by atoms with Gasteiger partial charge in [-0.15, -0.1) is 0 Å². The minimum absolute atomic E-state index is 0.0393. The summed E-state index contributed by atoms with van der Waals surface area (Å²) in [5.74, 6) is -1.53. The molecular weight excluding hydrogens is 419 g/mol. The molecule has 1 aliphatic heterocycles. The topological polar surface area (TPSA) is 125 Å². The number of nitro benzene ring substituents is 1.